The highest BCUT2D eigenvalue weighted by atomic mass is 15.4. The molecule has 0 N–H and O–H groups in total. The van der Waals surface area contributed by atoms with Crippen molar-refractivity contribution in [2.45, 2.75) is 45.4 Å². The van der Waals surface area contributed by atoms with Crippen LogP contribution >= 0.6 is 0 Å². The zero-order valence-corrected chi connectivity index (χ0v) is 9.47. The molecule has 0 aliphatic carbocycles. The van der Waals surface area contributed by atoms with Crippen LogP contribution in [0.2, 0.25) is 0 Å². The largest absolute Gasteiger partial charge is 0.324 e. The monoisotopic (exact) mass is 195 g/mol. The molecule has 0 saturated carbocycles. The van der Waals surface area contributed by atoms with Gasteiger partial charge in [-0.2, -0.15) is 5.26 Å². The minimum absolute atomic E-state index is 0.742. The third-order valence-corrected chi connectivity index (χ3v) is 3.42. The molecule has 0 aromatic carbocycles. The van der Waals surface area contributed by atoms with Crippen LogP contribution in [0, 0.1) is 11.3 Å². The van der Waals surface area contributed by atoms with E-state index in [4.69, 9.17) is 5.26 Å². The quantitative estimate of drug-likeness (QED) is 0.472. The van der Waals surface area contributed by atoms with Crippen molar-refractivity contribution in [1.29, 1.82) is 5.26 Å². The molecule has 14 heavy (non-hydrogen) atoms. The summed E-state index contributed by atoms with van der Waals surface area (Å²) in [6.07, 6.45) is 7.30. The van der Waals surface area contributed by atoms with Gasteiger partial charge in [-0.25, -0.2) is 0 Å². The van der Waals surface area contributed by atoms with Crippen LogP contribution in [-0.2, 0) is 0 Å². The second kappa shape index (κ2) is 6.03. The molecular formula is C12H23N2+. The highest BCUT2D eigenvalue weighted by Crippen LogP contribution is 2.21. The molecule has 80 valence electrons. The van der Waals surface area contributed by atoms with Crippen molar-refractivity contribution in [2.75, 3.05) is 26.2 Å². The van der Waals surface area contributed by atoms with E-state index in [-0.39, 0.29) is 0 Å². The number of rotatable bonds is 6. The van der Waals surface area contributed by atoms with E-state index in [1.165, 1.54) is 56.3 Å². The lowest BCUT2D eigenvalue weighted by molar-refractivity contribution is -0.917. The molecule has 0 unspecified atom stereocenters. The molecule has 1 aliphatic rings. The van der Waals surface area contributed by atoms with Crippen molar-refractivity contribution in [2.24, 2.45) is 0 Å². The van der Waals surface area contributed by atoms with E-state index < -0.39 is 0 Å². The van der Waals surface area contributed by atoms with E-state index >= 15 is 0 Å². The Balaban J connectivity index is 2.33. The van der Waals surface area contributed by atoms with E-state index in [2.05, 4.69) is 13.0 Å². The molecule has 0 bridgehead atoms. The summed E-state index contributed by atoms with van der Waals surface area (Å²) in [5, 5.41) is 8.54. The van der Waals surface area contributed by atoms with Gasteiger partial charge in [0, 0.05) is 25.7 Å². The van der Waals surface area contributed by atoms with Crippen LogP contribution < -0.4 is 0 Å². The van der Waals surface area contributed by atoms with E-state index in [1.54, 1.807) is 0 Å². The molecule has 0 aromatic rings. The fourth-order valence-corrected chi connectivity index (χ4v) is 2.55. The van der Waals surface area contributed by atoms with Crippen molar-refractivity contribution in [1.82, 2.24) is 0 Å². The van der Waals surface area contributed by atoms with Crippen LogP contribution in [0.1, 0.15) is 45.4 Å². The molecule has 1 fully saturated rings. The van der Waals surface area contributed by atoms with Gasteiger partial charge in [-0.3, -0.25) is 0 Å². The number of unbranched alkanes of at least 4 members (excludes halogenated alkanes) is 2. The highest BCUT2D eigenvalue weighted by molar-refractivity contribution is 4.68. The van der Waals surface area contributed by atoms with Crippen LogP contribution in [0.25, 0.3) is 0 Å². The molecule has 0 aromatic heterocycles. The first-order valence-corrected chi connectivity index (χ1v) is 6.05. The molecule has 1 rings (SSSR count). The van der Waals surface area contributed by atoms with Crippen molar-refractivity contribution >= 4 is 0 Å². The first-order chi connectivity index (χ1) is 6.83. The first-order valence-electron chi connectivity index (χ1n) is 6.05. The topological polar surface area (TPSA) is 23.8 Å². The average Bonchev–Trinajstić information content (AvgIpc) is 2.65. The molecule has 1 heterocycles. The van der Waals surface area contributed by atoms with Gasteiger partial charge >= 0.3 is 0 Å². The fraction of sp³-hybridized carbons (Fsp3) is 0.917. The van der Waals surface area contributed by atoms with Gasteiger partial charge in [0.25, 0.3) is 0 Å². The number of nitriles is 1. The third kappa shape index (κ3) is 3.31. The zero-order valence-electron chi connectivity index (χ0n) is 9.47. The summed E-state index contributed by atoms with van der Waals surface area (Å²) in [5.41, 5.74) is 0. The van der Waals surface area contributed by atoms with Gasteiger partial charge in [0.05, 0.1) is 32.2 Å². The molecule has 0 spiro atoms. The Kier molecular flexibility index (Phi) is 4.97. The van der Waals surface area contributed by atoms with Gasteiger partial charge in [0.1, 0.15) is 0 Å². The Bertz CT molecular complexity index is 187. The lowest BCUT2D eigenvalue weighted by atomic mass is 10.2. The van der Waals surface area contributed by atoms with Crippen LogP contribution in [0.3, 0.4) is 0 Å². The van der Waals surface area contributed by atoms with Crippen LogP contribution in [0.4, 0.5) is 0 Å². The van der Waals surface area contributed by atoms with Crippen molar-refractivity contribution < 1.29 is 4.48 Å². The Morgan fingerprint density at radius 1 is 1.14 bits per heavy atom. The summed E-state index contributed by atoms with van der Waals surface area (Å²) >= 11 is 0. The Hall–Kier alpha value is -0.550. The third-order valence-electron chi connectivity index (χ3n) is 3.42. The molecule has 2 nitrogen and oxygen atoms in total. The van der Waals surface area contributed by atoms with Crippen LogP contribution in [0.15, 0.2) is 0 Å². The molecule has 1 aliphatic heterocycles. The summed E-state index contributed by atoms with van der Waals surface area (Å²) in [4.78, 5) is 0. The van der Waals surface area contributed by atoms with E-state index in [9.17, 15) is 0 Å². The van der Waals surface area contributed by atoms with Crippen molar-refractivity contribution in [3.63, 3.8) is 0 Å². The predicted molar refractivity (Wildman–Crippen MR) is 58.7 cm³/mol. The second-order valence-corrected chi connectivity index (χ2v) is 4.56. The number of likely N-dealkylation sites (tertiary alicyclic amines) is 1. The molecule has 0 amide bonds. The number of nitrogens with zero attached hydrogens (tertiary/aromatic N) is 2. The zero-order chi connectivity index (χ0) is 10.3. The van der Waals surface area contributed by atoms with E-state index in [0.717, 1.165) is 12.8 Å². The van der Waals surface area contributed by atoms with Gasteiger partial charge < -0.3 is 4.48 Å². The Labute approximate surface area is 88.1 Å². The van der Waals surface area contributed by atoms with E-state index in [0.29, 0.717) is 0 Å². The normalized spacial score (nSPS) is 19.4. The maximum atomic E-state index is 8.54. The number of hydrogen-bond donors (Lipinski definition) is 0. The lowest BCUT2D eigenvalue weighted by Crippen LogP contribution is -2.46. The molecule has 2 heteroatoms. The molecule has 0 radical (unpaired) electrons. The van der Waals surface area contributed by atoms with Crippen LogP contribution in [-0.4, -0.2) is 30.7 Å². The summed E-state index contributed by atoms with van der Waals surface area (Å²) in [6.45, 7) is 7.59. The fourth-order valence-electron chi connectivity index (χ4n) is 2.55. The van der Waals surface area contributed by atoms with Crippen molar-refractivity contribution in [3.8, 4) is 6.07 Å². The molecule has 0 atom stereocenters. The van der Waals surface area contributed by atoms with E-state index in [1.807, 2.05) is 0 Å². The SMILES string of the molecule is CCCC[N+]1(CCCC#N)CCCC1. The maximum absolute atomic E-state index is 8.54. The van der Waals surface area contributed by atoms with Crippen molar-refractivity contribution in [3.05, 3.63) is 0 Å². The summed E-state index contributed by atoms with van der Waals surface area (Å²) in [7, 11) is 0. The minimum Gasteiger partial charge on any atom is -0.324 e. The summed E-state index contributed by atoms with van der Waals surface area (Å²) in [6, 6.07) is 2.25. The van der Waals surface area contributed by atoms with Gasteiger partial charge in [-0.05, 0) is 6.42 Å². The summed E-state index contributed by atoms with van der Waals surface area (Å²) in [5.74, 6) is 0. The minimum atomic E-state index is 0.742. The summed E-state index contributed by atoms with van der Waals surface area (Å²) < 4.78 is 1.32. The predicted octanol–water partition coefficient (Wildman–Crippen LogP) is 2.70. The van der Waals surface area contributed by atoms with Gasteiger partial charge in [-0.1, -0.05) is 13.3 Å². The van der Waals surface area contributed by atoms with Gasteiger partial charge in [-0.15, -0.1) is 0 Å². The Morgan fingerprint density at radius 2 is 1.79 bits per heavy atom. The smallest absolute Gasteiger partial charge is 0.0796 e. The number of quaternary nitrogens is 1. The van der Waals surface area contributed by atoms with Crippen LogP contribution in [0.5, 0.6) is 0 Å². The molecular weight excluding hydrogens is 172 g/mol. The standard InChI is InChI=1S/C12H23N2/c1-2-3-9-14(10-5-4-8-13)11-6-7-12-14/h2-7,9-12H2,1H3/q+1. The van der Waals surface area contributed by atoms with Gasteiger partial charge in [0.15, 0.2) is 0 Å². The number of hydrogen-bond acceptors (Lipinski definition) is 1. The Morgan fingerprint density at radius 3 is 2.36 bits per heavy atom. The van der Waals surface area contributed by atoms with Gasteiger partial charge in [0.2, 0.25) is 0 Å². The average molecular weight is 195 g/mol. The molecule has 1 saturated heterocycles. The highest BCUT2D eigenvalue weighted by Gasteiger charge is 2.30. The maximum Gasteiger partial charge on any atom is 0.0796 e. The lowest BCUT2D eigenvalue weighted by Gasteiger charge is -2.34. The second-order valence-electron chi connectivity index (χ2n) is 4.56. The first kappa shape index (κ1) is 11.5.